The average molecular weight is 289 g/mol. The molecule has 0 aliphatic carbocycles. The molecular formula is C16H17ClN2O. The average Bonchev–Trinajstić information content (AvgIpc) is 2.96. The van der Waals surface area contributed by atoms with Gasteiger partial charge in [-0.15, -0.1) is 11.6 Å². The number of rotatable bonds is 5. The second kappa shape index (κ2) is 7.62. The van der Waals surface area contributed by atoms with E-state index in [1.165, 1.54) is 0 Å². The van der Waals surface area contributed by atoms with Crippen molar-refractivity contribution in [3.05, 3.63) is 48.0 Å². The van der Waals surface area contributed by atoms with Gasteiger partial charge in [0.05, 0.1) is 18.8 Å². The molecule has 4 heteroatoms. The maximum Gasteiger partial charge on any atom is 0.119 e. The molecule has 3 nitrogen and oxygen atoms in total. The molecule has 2 aromatic rings. The van der Waals surface area contributed by atoms with E-state index in [9.17, 15) is 0 Å². The number of imidazole rings is 1. The third kappa shape index (κ3) is 4.32. The number of aryl methyl sites for hydroxylation is 2. The Morgan fingerprint density at radius 2 is 2.30 bits per heavy atom. The molecule has 0 saturated carbocycles. The van der Waals surface area contributed by atoms with Gasteiger partial charge in [-0.25, -0.2) is 4.98 Å². The van der Waals surface area contributed by atoms with Crippen LogP contribution >= 0.6 is 11.6 Å². The number of nitrogens with zero attached hydrogens (tertiary/aromatic N) is 2. The normalized spacial score (nSPS) is 9.90. The summed E-state index contributed by atoms with van der Waals surface area (Å²) in [6, 6.07) is 5.93. The van der Waals surface area contributed by atoms with Crippen molar-refractivity contribution in [2.24, 2.45) is 0 Å². The van der Waals surface area contributed by atoms with Gasteiger partial charge in [-0.3, -0.25) is 0 Å². The van der Waals surface area contributed by atoms with E-state index in [1.54, 1.807) is 6.20 Å². The first-order chi connectivity index (χ1) is 9.79. The zero-order valence-electron chi connectivity index (χ0n) is 11.5. The van der Waals surface area contributed by atoms with Crippen molar-refractivity contribution < 1.29 is 4.74 Å². The highest BCUT2D eigenvalue weighted by molar-refractivity contribution is 6.19. The zero-order valence-corrected chi connectivity index (χ0v) is 12.2. The van der Waals surface area contributed by atoms with Gasteiger partial charge in [0.25, 0.3) is 0 Å². The van der Waals surface area contributed by atoms with E-state index in [1.807, 2.05) is 42.2 Å². The molecule has 1 aromatic heterocycles. The number of ether oxygens (including phenoxy) is 1. The Hall–Kier alpha value is -1.92. The highest BCUT2D eigenvalue weighted by Gasteiger charge is 1.99. The smallest absolute Gasteiger partial charge is 0.119 e. The summed E-state index contributed by atoms with van der Waals surface area (Å²) in [6.07, 6.45) is 6.50. The Kier molecular flexibility index (Phi) is 5.52. The molecule has 20 heavy (non-hydrogen) atoms. The van der Waals surface area contributed by atoms with Crippen LogP contribution in [0, 0.1) is 18.8 Å². The molecule has 0 bridgehead atoms. The molecule has 0 radical (unpaired) electrons. The predicted octanol–water partition coefficient (Wildman–Crippen LogP) is 3.25. The minimum atomic E-state index is 0.353. The number of benzene rings is 1. The van der Waals surface area contributed by atoms with Crippen molar-refractivity contribution in [2.75, 3.05) is 12.5 Å². The van der Waals surface area contributed by atoms with Crippen molar-refractivity contribution in [3.8, 4) is 17.6 Å². The SMILES string of the molecule is Cc1cc(OCCCn2ccnc2)ccc1C#CCCl. The summed E-state index contributed by atoms with van der Waals surface area (Å²) in [5.74, 6) is 7.12. The summed E-state index contributed by atoms with van der Waals surface area (Å²) >= 11 is 5.56. The van der Waals surface area contributed by atoms with Gasteiger partial charge < -0.3 is 9.30 Å². The highest BCUT2D eigenvalue weighted by atomic mass is 35.5. The fourth-order valence-electron chi connectivity index (χ4n) is 1.85. The number of hydrogen-bond donors (Lipinski definition) is 0. The predicted molar refractivity (Wildman–Crippen MR) is 81.1 cm³/mol. The third-order valence-electron chi connectivity index (χ3n) is 2.88. The number of aromatic nitrogens is 2. The van der Waals surface area contributed by atoms with Gasteiger partial charge in [0.15, 0.2) is 0 Å². The van der Waals surface area contributed by atoms with Gasteiger partial charge in [0, 0.05) is 24.5 Å². The van der Waals surface area contributed by atoms with Gasteiger partial charge in [-0.05, 0) is 37.1 Å². The van der Waals surface area contributed by atoms with E-state index in [2.05, 4.69) is 16.8 Å². The number of hydrogen-bond acceptors (Lipinski definition) is 2. The van der Waals surface area contributed by atoms with Crippen LogP contribution in [0.5, 0.6) is 5.75 Å². The van der Waals surface area contributed by atoms with Crippen LogP contribution in [0.15, 0.2) is 36.9 Å². The Balaban J connectivity index is 1.82. The minimum Gasteiger partial charge on any atom is -0.494 e. The molecule has 0 N–H and O–H groups in total. The fraction of sp³-hybridized carbons (Fsp3) is 0.312. The molecule has 0 fully saturated rings. The van der Waals surface area contributed by atoms with Crippen LogP contribution in [0.3, 0.4) is 0 Å². The first-order valence-corrected chi connectivity index (χ1v) is 7.07. The number of halogens is 1. The quantitative estimate of drug-likeness (QED) is 0.480. The van der Waals surface area contributed by atoms with Crippen LogP contribution in [0.2, 0.25) is 0 Å². The van der Waals surface area contributed by atoms with Crippen molar-refractivity contribution >= 4 is 11.6 Å². The molecular weight excluding hydrogens is 272 g/mol. The standard InChI is InChI=1S/C16H17ClN2O/c1-14-12-16(6-5-15(14)4-2-7-17)20-11-3-9-19-10-8-18-13-19/h5-6,8,10,12-13H,3,7,9,11H2,1H3. The molecule has 1 aromatic carbocycles. The number of alkyl halides is 1. The van der Waals surface area contributed by atoms with E-state index in [0.29, 0.717) is 12.5 Å². The molecule has 0 amide bonds. The zero-order chi connectivity index (χ0) is 14.2. The maximum atomic E-state index is 5.74. The molecule has 104 valence electrons. The second-order valence-corrected chi connectivity index (χ2v) is 4.68. The lowest BCUT2D eigenvalue weighted by molar-refractivity contribution is 0.301. The first-order valence-electron chi connectivity index (χ1n) is 6.53. The van der Waals surface area contributed by atoms with E-state index in [4.69, 9.17) is 16.3 Å². The minimum absolute atomic E-state index is 0.353. The van der Waals surface area contributed by atoms with E-state index >= 15 is 0 Å². The van der Waals surface area contributed by atoms with E-state index in [-0.39, 0.29) is 0 Å². The molecule has 1 heterocycles. The van der Waals surface area contributed by atoms with Crippen LogP contribution in [-0.4, -0.2) is 22.0 Å². The molecule has 0 spiro atoms. The highest BCUT2D eigenvalue weighted by Crippen LogP contribution is 2.16. The lowest BCUT2D eigenvalue weighted by Gasteiger charge is -2.08. The van der Waals surface area contributed by atoms with Gasteiger partial charge in [-0.1, -0.05) is 11.8 Å². The Labute approximate surface area is 124 Å². The second-order valence-electron chi connectivity index (χ2n) is 4.41. The van der Waals surface area contributed by atoms with Crippen molar-refractivity contribution in [3.63, 3.8) is 0 Å². The van der Waals surface area contributed by atoms with Crippen LogP contribution in [0.25, 0.3) is 0 Å². The molecule has 0 unspecified atom stereocenters. The summed E-state index contributed by atoms with van der Waals surface area (Å²) in [4.78, 5) is 4.00. The van der Waals surface area contributed by atoms with Crippen LogP contribution in [0.4, 0.5) is 0 Å². The van der Waals surface area contributed by atoms with Gasteiger partial charge in [0.2, 0.25) is 0 Å². The molecule has 0 atom stereocenters. The van der Waals surface area contributed by atoms with E-state index < -0.39 is 0 Å². The first kappa shape index (κ1) is 14.5. The topological polar surface area (TPSA) is 27.1 Å². The summed E-state index contributed by atoms with van der Waals surface area (Å²) in [6.45, 7) is 3.62. The summed E-state index contributed by atoms with van der Waals surface area (Å²) in [7, 11) is 0. The molecule has 2 rings (SSSR count). The fourth-order valence-corrected chi connectivity index (χ4v) is 1.92. The summed E-state index contributed by atoms with van der Waals surface area (Å²) in [5.41, 5.74) is 2.10. The Morgan fingerprint density at radius 3 is 3.00 bits per heavy atom. The van der Waals surface area contributed by atoms with Crippen LogP contribution in [-0.2, 0) is 6.54 Å². The lowest BCUT2D eigenvalue weighted by Crippen LogP contribution is -2.03. The van der Waals surface area contributed by atoms with Crippen molar-refractivity contribution in [1.82, 2.24) is 9.55 Å². The molecule has 0 saturated heterocycles. The van der Waals surface area contributed by atoms with Gasteiger partial charge in [-0.2, -0.15) is 0 Å². The Morgan fingerprint density at radius 1 is 1.40 bits per heavy atom. The molecule has 0 aliphatic heterocycles. The Bertz CT molecular complexity index is 597. The van der Waals surface area contributed by atoms with Gasteiger partial charge in [0.1, 0.15) is 5.75 Å². The third-order valence-corrected chi connectivity index (χ3v) is 3.01. The van der Waals surface area contributed by atoms with Gasteiger partial charge >= 0.3 is 0 Å². The van der Waals surface area contributed by atoms with Crippen LogP contribution in [0.1, 0.15) is 17.5 Å². The van der Waals surface area contributed by atoms with Crippen molar-refractivity contribution in [1.29, 1.82) is 0 Å². The monoisotopic (exact) mass is 288 g/mol. The largest absolute Gasteiger partial charge is 0.494 e. The van der Waals surface area contributed by atoms with Crippen molar-refractivity contribution in [2.45, 2.75) is 19.9 Å². The van der Waals surface area contributed by atoms with E-state index in [0.717, 1.165) is 29.8 Å². The lowest BCUT2D eigenvalue weighted by atomic mass is 10.1. The molecule has 0 aliphatic rings. The summed E-state index contributed by atoms with van der Waals surface area (Å²) < 4.78 is 7.78. The van der Waals surface area contributed by atoms with Crippen LogP contribution < -0.4 is 4.74 Å². The summed E-state index contributed by atoms with van der Waals surface area (Å²) in [5, 5.41) is 0. The maximum absolute atomic E-state index is 5.74.